The molecule has 4 heterocycles. The molecular weight excluding hydrogens is 346 g/mol. The van der Waals surface area contributed by atoms with E-state index in [9.17, 15) is 5.26 Å². The van der Waals surface area contributed by atoms with Crippen molar-refractivity contribution in [2.75, 3.05) is 13.1 Å². The average molecular weight is 365 g/mol. The number of aromatic amines is 1. The minimum absolute atomic E-state index is 0.222. The summed E-state index contributed by atoms with van der Waals surface area (Å²) in [5.74, 6) is 1.51. The summed E-state index contributed by atoms with van der Waals surface area (Å²) in [7, 11) is 0. The van der Waals surface area contributed by atoms with Crippen molar-refractivity contribution < 1.29 is 0 Å². The van der Waals surface area contributed by atoms with Crippen molar-refractivity contribution in [3.63, 3.8) is 0 Å². The van der Waals surface area contributed by atoms with Crippen molar-refractivity contribution in [2.45, 2.75) is 33.1 Å². The molecule has 0 unspecified atom stereocenters. The van der Waals surface area contributed by atoms with Crippen LogP contribution in [0.2, 0.25) is 0 Å². The number of aryl methyl sites for hydroxylation is 1. The maximum atomic E-state index is 9.39. The maximum Gasteiger partial charge on any atom is 0.221 e. The molecule has 2 N–H and O–H groups in total. The molecule has 0 radical (unpaired) electrons. The Bertz CT molecular complexity index is 1110. The van der Waals surface area contributed by atoms with Crippen LogP contribution in [0.5, 0.6) is 0 Å². The summed E-state index contributed by atoms with van der Waals surface area (Å²) in [5, 5.41) is 33.0. The third-order valence-electron chi connectivity index (χ3n) is 4.10. The number of aromatic nitrogens is 6. The SMILES string of the molecule is Cc1nc2c(N=Nc3c(C#N)cnn3C3=NCCN3)c(C(C)(C)C)[nH]n2n1. The molecule has 0 spiro atoms. The molecule has 0 bridgehead atoms. The fraction of sp³-hybridized carbons (Fsp3) is 0.438. The lowest BCUT2D eigenvalue weighted by molar-refractivity contribution is 0.557. The highest BCUT2D eigenvalue weighted by atomic mass is 15.5. The molecule has 1 aliphatic rings. The van der Waals surface area contributed by atoms with E-state index in [2.05, 4.69) is 67.7 Å². The Morgan fingerprint density at radius 2 is 2.11 bits per heavy atom. The summed E-state index contributed by atoms with van der Waals surface area (Å²) in [6.45, 7) is 9.37. The van der Waals surface area contributed by atoms with E-state index in [4.69, 9.17) is 0 Å². The molecule has 0 saturated heterocycles. The van der Waals surface area contributed by atoms with Gasteiger partial charge < -0.3 is 5.32 Å². The first-order chi connectivity index (χ1) is 12.9. The average Bonchev–Trinajstić information content (AvgIpc) is 3.34. The van der Waals surface area contributed by atoms with Gasteiger partial charge in [0.1, 0.15) is 17.5 Å². The van der Waals surface area contributed by atoms with Crippen molar-refractivity contribution in [3.8, 4) is 6.07 Å². The number of aliphatic imine (C=N–C) groups is 1. The van der Waals surface area contributed by atoms with Gasteiger partial charge in [0.25, 0.3) is 0 Å². The highest BCUT2D eigenvalue weighted by Crippen LogP contribution is 2.35. The number of hydrogen-bond donors (Lipinski definition) is 2. The Hall–Kier alpha value is -3.55. The Morgan fingerprint density at radius 3 is 2.78 bits per heavy atom. The molecule has 0 saturated carbocycles. The van der Waals surface area contributed by atoms with E-state index >= 15 is 0 Å². The lowest BCUT2D eigenvalue weighted by Crippen LogP contribution is -2.26. The first-order valence-corrected chi connectivity index (χ1v) is 8.53. The van der Waals surface area contributed by atoms with Crippen molar-refractivity contribution in [3.05, 3.63) is 23.3 Å². The Morgan fingerprint density at radius 1 is 1.30 bits per heavy atom. The second kappa shape index (κ2) is 6.01. The summed E-state index contributed by atoms with van der Waals surface area (Å²) < 4.78 is 3.08. The van der Waals surface area contributed by atoms with Gasteiger partial charge in [-0.2, -0.15) is 19.7 Å². The van der Waals surface area contributed by atoms with E-state index in [0.29, 0.717) is 41.0 Å². The van der Waals surface area contributed by atoms with Crippen LogP contribution in [-0.4, -0.2) is 48.6 Å². The van der Waals surface area contributed by atoms with Gasteiger partial charge in [0.05, 0.1) is 18.4 Å². The first-order valence-electron chi connectivity index (χ1n) is 8.53. The third-order valence-corrected chi connectivity index (χ3v) is 4.10. The topological polar surface area (TPSA) is 137 Å². The van der Waals surface area contributed by atoms with Crippen LogP contribution in [0.25, 0.3) is 5.65 Å². The van der Waals surface area contributed by atoms with Crippen LogP contribution in [0.15, 0.2) is 21.4 Å². The van der Waals surface area contributed by atoms with Crippen molar-refractivity contribution in [1.29, 1.82) is 5.26 Å². The first kappa shape index (κ1) is 16.9. The number of azo groups is 1. The summed E-state index contributed by atoms with van der Waals surface area (Å²) in [6, 6.07) is 2.09. The number of nitrogens with one attached hydrogen (secondary N) is 2. The van der Waals surface area contributed by atoms with Crippen molar-refractivity contribution in [1.82, 2.24) is 34.9 Å². The van der Waals surface area contributed by atoms with Gasteiger partial charge in [-0.1, -0.05) is 20.8 Å². The van der Waals surface area contributed by atoms with Gasteiger partial charge in [-0.05, 0) is 6.92 Å². The molecule has 1 aliphatic heterocycles. The zero-order chi connectivity index (χ0) is 19.2. The Balaban J connectivity index is 1.84. The molecule has 3 aromatic rings. The van der Waals surface area contributed by atoms with E-state index in [1.54, 1.807) is 4.63 Å². The molecular formula is C16H19N11. The Kier molecular flexibility index (Phi) is 3.76. The lowest BCUT2D eigenvalue weighted by atomic mass is 9.91. The van der Waals surface area contributed by atoms with Crippen LogP contribution in [0.3, 0.4) is 0 Å². The molecule has 11 heteroatoms. The second-order valence-electron chi connectivity index (χ2n) is 7.22. The van der Waals surface area contributed by atoms with Crippen LogP contribution in [0, 0.1) is 18.3 Å². The molecule has 0 aromatic carbocycles. The number of nitriles is 1. The highest BCUT2D eigenvalue weighted by Gasteiger charge is 2.26. The summed E-state index contributed by atoms with van der Waals surface area (Å²) >= 11 is 0. The molecule has 4 rings (SSSR count). The van der Waals surface area contributed by atoms with E-state index in [1.807, 2.05) is 6.92 Å². The molecule has 0 aliphatic carbocycles. The number of rotatable bonds is 2. The number of hydrogen-bond acceptors (Lipinski definition) is 8. The van der Waals surface area contributed by atoms with Crippen LogP contribution >= 0.6 is 0 Å². The zero-order valence-electron chi connectivity index (χ0n) is 15.5. The molecule has 0 atom stereocenters. The minimum Gasteiger partial charge on any atom is -0.353 e. The standard InChI is InChI=1S/C16H19N11/c1-9-21-14-11(12(16(2,3)4)25-27(14)24-9)22-23-13-10(7-17)8-20-26(13)15-18-5-6-19-15/h8,25H,5-6H2,1-4H3,(H,18,19). The number of fused-ring (bicyclic) bond motifs is 1. The summed E-state index contributed by atoms with van der Waals surface area (Å²) in [4.78, 5) is 8.76. The minimum atomic E-state index is -0.222. The van der Waals surface area contributed by atoms with Gasteiger partial charge in [-0.15, -0.1) is 15.3 Å². The van der Waals surface area contributed by atoms with Crippen LogP contribution in [-0.2, 0) is 5.41 Å². The second-order valence-corrected chi connectivity index (χ2v) is 7.22. The molecule has 0 fully saturated rings. The van der Waals surface area contributed by atoms with E-state index in [-0.39, 0.29) is 5.41 Å². The maximum absolute atomic E-state index is 9.39. The predicted molar refractivity (Wildman–Crippen MR) is 97.6 cm³/mol. The fourth-order valence-electron chi connectivity index (χ4n) is 2.83. The van der Waals surface area contributed by atoms with E-state index in [0.717, 1.165) is 12.2 Å². The molecule has 0 amide bonds. The molecule has 3 aromatic heterocycles. The molecule has 27 heavy (non-hydrogen) atoms. The van der Waals surface area contributed by atoms with Crippen LogP contribution < -0.4 is 5.32 Å². The predicted octanol–water partition coefficient (Wildman–Crippen LogP) is 1.95. The molecule has 138 valence electrons. The number of nitrogens with zero attached hydrogens (tertiary/aromatic N) is 9. The van der Waals surface area contributed by atoms with Gasteiger partial charge in [0.15, 0.2) is 11.5 Å². The van der Waals surface area contributed by atoms with E-state index < -0.39 is 0 Å². The lowest BCUT2D eigenvalue weighted by Gasteiger charge is -2.16. The molecule has 11 nitrogen and oxygen atoms in total. The van der Waals surface area contributed by atoms with Gasteiger partial charge >= 0.3 is 0 Å². The van der Waals surface area contributed by atoms with Gasteiger partial charge in [0, 0.05) is 12.0 Å². The summed E-state index contributed by atoms with van der Waals surface area (Å²) in [6.07, 6.45) is 1.45. The quantitative estimate of drug-likeness (QED) is 0.669. The highest BCUT2D eigenvalue weighted by molar-refractivity contribution is 5.86. The Labute approximate surface area is 154 Å². The monoisotopic (exact) mass is 365 g/mol. The number of H-pyrrole nitrogens is 1. The van der Waals surface area contributed by atoms with E-state index in [1.165, 1.54) is 10.9 Å². The van der Waals surface area contributed by atoms with Crippen molar-refractivity contribution >= 4 is 23.1 Å². The van der Waals surface area contributed by atoms with Crippen molar-refractivity contribution in [2.24, 2.45) is 15.2 Å². The van der Waals surface area contributed by atoms with Crippen LogP contribution in [0.1, 0.15) is 37.9 Å². The summed E-state index contributed by atoms with van der Waals surface area (Å²) in [5.41, 5.74) is 2.11. The van der Waals surface area contributed by atoms with Gasteiger partial charge in [0.2, 0.25) is 11.6 Å². The van der Waals surface area contributed by atoms with Gasteiger partial charge in [-0.3, -0.25) is 5.10 Å². The van der Waals surface area contributed by atoms with Gasteiger partial charge in [-0.25, -0.2) is 9.98 Å². The zero-order valence-corrected chi connectivity index (χ0v) is 15.5. The largest absolute Gasteiger partial charge is 0.353 e. The smallest absolute Gasteiger partial charge is 0.221 e. The van der Waals surface area contributed by atoms with Crippen LogP contribution in [0.4, 0.5) is 11.5 Å². The third kappa shape index (κ3) is 2.84. The fourth-order valence-corrected chi connectivity index (χ4v) is 2.83. The normalized spacial score (nSPS) is 14.7.